The minimum atomic E-state index is -0.774. The van der Waals surface area contributed by atoms with Gasteiger partial charge in [0, 0.05) is 29.9 Å². The lowest BCUT2D eigenvalue weighted by molar-refractivity contribution is -0.120. The predicted octanol–water partition coefficient (Wildman–Crippen LogP) is 5.75. The van der Waals surface area contributed by atoms with Crippen molar-refractivity contribution in [3.8, 4) is 39.8 Å². The van der Waals surface area contributed by atoms with Gasteiger partial charge < -0.3 is 34.9 Å². The SMILES string of the molecule is COc1cc(NC(=O)C(Nc2ccc3c(cc2=O)C(NC(C)=O)CCc2cc(OC)c(OC)c(OC)c2-3)C(C)C)ccc1-n1nc(C)cc1C. The quantitative estimate of drug-likeness (QED) is 0.180. The molecule has 0 fully saturated rings. The van der Waals surface area contributed by atoms with Gasteiger partial charge in [0.25, 0.3) is 0 Å². The van der Waals surface area contributed by atoms with Gasteiger partial charge in [-0.3, -0.25) is 14.4 Å². The number of nitrogens with one attached hydrogen (secondary N) is 3. The first-order valence-corrected chi connectivity index (χ1v) is 16.5. The highest BCUT2D eigenvalue weighted by atomic mass is 16.5. The lowest BCUT2D eigenvalue weighted by Gasteiger charge is -2.22. The molecule has 1 heterocycles. The Bertz CT molecular complexity index is 1990. The average molecular weight is 684 g/mol. The van der Waals surface area contributed by atoms with Crippen LogP contribution >= 0.6 is 0 Å². The Kier molecular flexibility index (Phi) is 10.7. The third-order valence-electron chi connectivity index (χ3n) is 8.86. The van der Waals surface area contributed by atoms with Gasteiger partial charge in [0.05, 0.1) is 45.9 Å². The fraction of sp³-hybridized carbons (Fsp3) is 0.368. The molecule has 264 valence electrons. The Morgan fingerprint density at radius 1 is 0.900 bits per heavy atom. The number of aromatic nitrogens is 2. The maximum absolute atomic E-state index is 13.9. The standard InChI is InChI=1S/C38H45N5O7/c1-20(2)35(38(46)40-25-11-15-30(32(18-25)47-6)43-22(4)16-21(3)42-43)41-29-14-12-26-27(19-31(29)45)28(39-23(5)44)13-10-24-17-33(48-7)36(49-8)37(50-9)34(24)26/h11-12,14-20,28,35H,10,13H2,1-9H3,(H,39,44)(H,40,46)(H,41,45). The molecule has 4 aromatic rings. The number of fused-ring (bicyclic) bond motifs is 3. The fourth-order valence-electron chi connectivity index (χ4n) is 6.55. The predicted molar refractivity (Wildman–Crippen MR) is 193 cm³/mol. The number of anilines is 2. The number of carbonyl (C=O) groups excluding carboxylic acids is 2. The Balaban J connectivity index is 1.53. The van der Waals surface area contributed by atoms with Crippen molar-refractivity contribution < 1.29 is 28.5 Å². The number of ether oxygens (including phenoxy) is 4. The molecule has 5 rings (SSSR count). The summed E-state index contributed by atoms with van der Waals surface area (Å²) in [5.41, 5.74) is 5.98. The van der Waals surface area contributed by atoms with Gasteiger partial charge in [-0.1, -0.05) is 19.9 Å². The fourth-order valence-corrected chi connectivity index (χ4v) is 6.55. The van der Waals surface area contributed by atoms with Gasteiger partial charge >= 0.3 is 0 Å². The molecular weight excluding hydrogens is 638 g/mol. The topological polar surface area (TPSA) is 142 Å². The summed E-state index contributed by atoms with van der Waals surface area (Å²) in [5, 5.41) is 13.8. The molecule has 2 unspecified atom stereocenters. The van der Waals surface area contributed by atoms with Crippen molar-refractivity contribution >= 4 is 23.2 Å². The van der Waals surface area contributed by atoms with Crippen LogP contribution in [-0.4, -0.2) is 56.1 Å². The number of benzene rings is 2. The number of aryl methyl sites for hydroxylation is 3. The molecule has 0 bridgehead atoms. The number of methoxy groups -OCH3 is 4. The summed E-state index contributed by atoms with van der Waals surface area (Å²) in [7, 11) is 6.22. The van der Waals surface area contributed by atoms with Gasteiger partial charge in [0.2, 0.25) is 23.0 Å². The van der Waals surface area contributed by atoms with Crippen LogP contribution in [0.1, 0.15) is 55.7 Å². The summed E-state index contributed by atoms with van der Waals surface area (Å²) in [6.07, 6.45) is 1.11. The summed E-state index contributed by atoms with van der Waals surface area (Å²) in [4.78, 5) is 40.1. The van der Waals surface area contributed by atoms with Gasteiger partial charge in [-0.05, 0) is 85.7 Å². The number of amides is 2. The van der Waals surface area contributed by atoms with Gasteiger partial charge in [-0.2, -0.15) is 5.10 Å². The van der Waals surface area contributed by atoms with E-state index in [9.17, 15) is 14.4 Å². The molecule has 0 saturated heterocycles. The second-order valence-electron chi connectivity index (χ2n) is 12.7. The number of hydrogen-bond donors (Lipinski definition) is 3. The normalized spacial score (nSPS) is 14.1. The first-order valence-electron chi connectivity index (χ1n) is 16.5. The van der Waals surface area contributed by atoms with Gasteiger partial charge in [0.15, 0.2) is 11.5 Å². The number of carbonyl (C=O) groups is 2. The molecule has 0 radical (unpaired) electrons. The lowest BCUT2D eigenvalue weighted by atomic mass is 9.95. The van der Waals surface area contributed by atoms with E-state index in [1.54, 1.807) is 44.2 Å². The van der Waals surface area contributed by atoms with E-state index in [-0.39, 0.29) is 28.8 Å². The van der Waals surface area contributed by atoms with Crippen LogP contribution in [0.15, 0.2) is 53.3 Å². The van der Waals surface area contributed by atoms with E-state index in [1.807, 2.05) is 52.0 Å². The molecule has 12 nitrogen and oxygen atoms in total. The summed E-state index contributed by atoms with van der Waals surface area (Å²) in [6, 6.07) is 13.0. The molecule has 12 heteroatoms. The van der Waals surface area contributed by atoms with Crippen molar-refractivity contribution in [1.82, 2.24) is 15.1 Å². The molecular formula is C38H45N5O7. The van der Waals surface area contributed by atoms with Crippen LogP contribution in [0.25, 0.3) is 16.8 Å². The molecule has 1 aliphatic carbocycles. The molecule has 0 saturated carbocycles. The second kappa shape index (κ2) is 14.9. The van der Waals surface area contributed by atoms with E-state index >= 15 is 0 Å². The molecule has 1 aliphatic rings. The van der Waals surface area contributed by atoms with Gasteiger partial charge in [-0.25, -0.2) is 4.68 Å². The lowest BCUT2D eigenvalue weighted by Crippen LogP contribution is -2.39. The van der Waals surface area contributed by atoms with Crippen LogP contribution in [0.3, 0.4) is 0 Å². The van der Waals surface area contributed by atoms with E-state index in [2.05, 4.69) is 21.0 Å². The molecule has 1 aromatic heterocycles. The number of nitrogens with zero attached hydrogens (tertiary/aromatic N) is 2. The molecule has 0 aliphatic heterocycles. The Morgan fingerprint density at radius 2 is 1.62 bits per heavy atom. The highest BCUT2D eigenvalue weighted by Gasteiger charge is 2.30. The Morgan fingerprint density at radius 3 is 2.22 bits per heavy atom. The van der Waals surface area contributed by atoms with E-state index < -0.39 is 12.1 Å². The number of hydrogen-bond acceptors (Lipinski definition) is 9. The molecule has 3 N–H and O–H groups in total. The van der Waals surface area contributed by atoms with Crippen molar-refractivity contribution in [3.05, 3.63) is 81.3 Å². The zero-order valence-electron chi connectivity index (χ0n) is 30.0. The van der Waals surface area contributed by atoms with E-state index in [1.165, 1.54) is 20.1 Å². The molecule has 2 amide bonds. The Hall–Kier alpha value is -5.52. The zero-order chi connectivity index (χ0) is 36.3. The van der Waals surface area contributed by atoms with Crippen LogP contribution in [0.4, 0.5) is 11.4 Å². The van der Waals surface area contributed by atoms with Crippen LogP contribution in [0.2, 0.25) is 0 Å². The van der Waals surface area contributed by atoms with Crippen LogP contribution in [0, 0.1) is 19.8 Å². The van der Waals surface area contributed by atoms with Gasteiger partial charge in [0.1, 0.15) is 17.5 Å². The van der Waals surface area contributed by atoms with Crippen molar-refractivity contribution in [2.24, 2.45) is 5.92 Å². The van der Waals surface area contributed by atoms with E-state index in [0.717, 1.165) is 28.2 Å². The van der Waals surface area contributed by atoms with Crippen molar-refractivity contribution in [3.63, 3.8) is 0 Å². The summed E-state index contributed by atoms with van der Waals surface area (Å²) >= 11 is 0. The minimum absolute atomic E-state index is 0.196. The third kappa shape index (κ3) is 7.10. The highest BCUT2D eigenvalue weighted by molar-refractivity contribution is 5.97. The van der Waals surface area contributed by atoms with Gasteiger partial charge in [-0.15, -0.1) is 0 Å². The first-order chi connectivity index (χ1) is 23.9. The molecule has 3 aromatic carbocycles. The van der Waals surface area contributed by atoms with Crippen LogP contribution < -0.4 is 40.3 Å². The monoisotopic (exact) mass is 683 g/mol. The summed E-state index contributed by atoms with van der Waals surface area (Å²) < 4.78 is 24.6. The zero-order valence-corrected chi connectivity index (χ0v) is 30.0. The molecule has 2 atom stereocenters. The maximum atomic E-state index is 13.9. The maximum Gasteiger partial charge on any atom is 0.247 e. The highest BCUT2D eigenvalue weighted by Crippen LogP contribution is 2.50. The molecule has 50 heavy (non-hydrogen) atoms. The smallest absolute Gasteiger partial charge is 0.247 e. The van der Waals surface area contributed by atoms with Crippen molar-refractivity contribution in [1.29, 1.82) is 0 Å². The third-order valence-corrected chi connectivity index (χ3v) is 8.86. The van der Waals surface area contributed by atoms with Crippen LogP contribution in [0.5, 0.6) is 23.0 Å². The second-order valence-corrected chi connectivity index (χ2v) is 12.7. The number of rotatable bonds is 11. The minimum Gasteiger partial charge on any atom is -0.494 e. The first kappa shape index (κ1) is 35.8. The average Bonchev–Trinajstić information content (AvgIpc) is 3.24. The Labute approximate surface area is 292 Å². The summed E-state index contributed by atoms with van der Waals surface area (Å²) in [6.45, 7) is 9.14. The van der Waals surface area contributed by atoms with E-state index in [0.29, 0.717) is 52.7 Å². The largest absolute Gasteiger partial charge is 0.494 e. The van der Waals surface area contributed by atoms with Crippen molar-refractivity contribution in [2.45, 2.75) is 59.5 Å². The molecule has 0 spiro atoms. The van der Waals surface area contributed by atoms with E-state index in [4.69, 9.17) is 18.9 Å². The van der Waals surface area contributed by atoms with Crippen LogP contribution in [-0.2, 0) is 16.0 Å². The van der Waals surface area contributed by atoms with Crippen molar-refractivity contribution in [2.75, 3.05) is 39.1 Å². The summed E-state index contributed by atoms with van der Waals surface area (Å²) in [5.74, 6) is 1.19.